The van der Waals surface area contributed by atoms with Crippen molar-refractivity contribution in [3.8, 4) is 11.5 Å². The van der Waals surface area contributed by atoms with Gasteiger partial charge in [0.2, 0.25) is 5.91 Å². The fraction of sp³-hybridized carbons (Fsp3) is 0.533. The lowest BCUT2D eigenvalue weighted by atomic mass is 10.1. The number of hydrogen-bond acceptors (Lipinski definition) is 4. The molecule has 110 valence electrons. The highest BCUT2D eigenvalue weighted by molar-refractivity contribution is 5.82. The van der Waals surface area contributed by atoms with E-state index >= 15 is 0 Å². The third kappa shape index (κ3) is 3.22. The second-order valence-corrected chi connectivity index (χ2v) is 4.99. The highest BCUT2D eigenvalue weighted by atomic mass is 16.5. The van der Waals surface area contributed by atoms with Crippen molar-refractivity contribution in [1.29, 1.82) is 0 Å². The van der Waals surface area contributed by atoms with Crippen molar-refractivity contribution in [2.24, 2.45) is 0 Å². The summed E-state index contributed by atoms with van der Waals surface area (Å²) in [4.78, 5) is 12.1. The molecule has 1 unspecified atom stereocenters. The smallest absolute Gasteiger partial charge is 0.237 e. The van der Waals surface area contributed by atoms with Crippen LogP contribution in [0.4, 0.5) is 0 Å². The summed E-state index contributed by atoms with van der Waals surface area (Å²) in [5.74, 6) is 1.51. The number of benzene rings is 1. The zero-order chi connectivity index (χ0) is 14.5. The van der Waals surface area contributed by atoms with E-state index in [0.29, 0.717) is 0 Å². The van der Waals surface area contributed by atoms with Gasteiger partial charge in [-0.25, -0.2) is 0 Å². The quantitative estimate of drug-likeness (QED) is 0.859. The van der Waals surface area contributed by atoms with Crippen LogP contribution in [-0.2, 0) is 4.79 Å². The van der Waals surface area contributed by atoms with Crippen molar-refractivity contribution in [2.75, 3.05) is 20.8 Å². The van der Waals surface area contributed by atoms with Crippen LogP contribution < -0.4 is 20.1 Å². The van der Waals surface area contributed by atoms with Gasteiger partial charge in [0.1, 0.15) is 11.5 Å². The SMILES string of the molecule is COc1ccc(C(C)NC(=O)[C@@H]2CCCN2)c(OC)c1. The fourth-order valence-electron chi connectivity index (χ4n) is 2.48. The van der Waals surface area contributed by atoms with Gasteiger partial charge < -0.3 is 20.1 Å². The minimum absolute atomic E-state index is 0.0490. The minimum atomic E-state index is -0.106. The number of carbonyl (C=O) groups excluding carboxylic acids is 1. The predicted octanol–water partition coefficient (Wildman–Crippen LogP) is 1.63. The van der Waals surface area contributed by atoms with Crippen molar-refractivity contribution in [1.82, 2.24) is 10.6 Å². The Morgan fingerprint density at radius 3 is 2.80 bits per heavy atom. The number of methoxy groups -OCH3 is 2. The highest BCUT2D eigenvalue weighted by Gasteiger charge is 2.24. The topological polar surface area (TPSA) is 59.6 Å². The van der Waals surface area contributed by atoms with Gasteiger partial charge in [-0.2, -0.15) is 0 Å². The van der Waals surface area contributed by atoms with E-state index in [-0.39, 0.29) is 18.0 Å². The molecule has 1 aliphatic heterocycles. The molecule has 1 fully saturated rings. The van der Waals surface area contributed by atoms with Crippen molar-refractivity contribution in [3.05, 3.63) is 23.8 Å². The molecule has 0 spiro atoms. The van der Waals surface area contributed by atoms with Crippen LogP contribution in [0.25, 0.3) is 0 Å². The normalized spacial score (nSPS) is 19.4. The number of amides is 1. The Bertz CT molecular complexity index is 470. The van der Waals surface area contributed by atoms with E-state index in [0.717, 1.165) is 36.4 Å². The monoisotopic (exact) mass is 278 g/mol. The molecule has 5 heteroatoms. The van der Waals surface area contributed by atoms with Crippen LogP contribution in [0.5, 0.6) is 11.5 Å². The Morgan fingerprint density at radius 2 is 2.20 bits per heavy atom. The van der Waals surface area contributed by atoms with E-state index < -0.39 is 0 Å². The van der Waals surface area contributed by atoms with Crippen LogP contribution >= 0.6 is 0 Å². The van der Waals surface area contributed by atoms with Crippen molar-refractivity contribution in [2.45, 2.75) is 31.8 Å². The molecular weight excluding hydrogens is 256 g/mol. The van der Waals surface area contributed by atoms with Crippen LogP contribution in [0.3, 0.4) is 0 Å². The molecule has 0 bridgehead atoms. The van der Waals surface area contributed by atoms with E-state index in [1.807, 2.05) is 25.1 Å². The number of carbonyl (C=O) groups is 1. The molecule has 2 rings (SSSR count). The van der Waals surface area contributed by atoms with Crippen LogP contribution in [-0.4, -0.2) is 32.7 Å². The standard InChI is InChI=1S/C15H22N2O3/c1-10(17-15(18)13-5-4-8-16-13)12-7-6-11(19-2)9-14(12)20-3/h6-7,9-10,13,16H,4-5,8H2,1-3H3,(H,17,18)/t10?,13-/m0/s1. The molecule has 1 aromatic rings. The Hall–Kier alpha value is -1.75. The average molecular weight is 278 g/mol. The highest BCUT2D eigenvalue weighted by Crippen LogP contribution is 2.29. The van der Waals surface area contributed by atoms with Crippen molar-refractivity contribution < 1.29 is 14.3 Å². The predicted molar refractivity (Wildman–Crippen MR) is 77.1 cm³/mol. The lowest BCUT2D eigenvalue weighted by Gasteiger charge is -2.20. The van der Waals surface area contributed by atoms with Gasteiger partial charge in [0.05, 0.1) is 26.3 Å². The Morgan fingerprint density at radius 1 is 1.40 bits per heavy atom. The van der Waals surface area contributed by atoms with Gasteiger partial charge >= 0.3 is 0 Å². The van der Waals surface area contributed by atoms with Crippen LogP contribution in [0.2, 0.25) is 0 Å². The zero-order valence-electron chi connectivity index (χ0n) is 12.2. The van der Waals surface area contributed by atoms with Gasteiger partial charge in [0.15, 0.2) is 0 Å². The second-order valence-electron chi connectivity index (χ2n) is 4.99. The zero-order valence-corrected chi connectivity index (χ0v) is 12.2. The van der Waals surface area contributed by atoms with E-state index in [9.17, 15) is 4.79 Å². The number of ether oxygens (including phenoxy) is 2. The van der Waals surface area contributed by atoms with E-state index in [1.165, 1.54) is 0 Å². The van der Waals surface area contributed by atoms with Crippen LogP contribution in [0.1, 0.15) is 31.4 Å². The minimum Gasteiger partial charge on any atom is -0.497 e. The Kier molecular flexibility index (Phi) is 4.84. The summed E-state index contributed by atoms with van der Waals surface area (Å²) in [6, 6.07) is 5.44. The lowest BCUT2D eigenvalue weighted by Crippen LogP contribution is -2.41. The first kappa shape index (κ1) is 14.7. The summed E-state index contributed by atoms with van der Waals surface area (Å²) in [6.45, 7) is 2.87. The average Bonchev–Trinajstić information content (AvgIpc) is 3.00. The number of hydrogen-bond donors (Lipinski definition) is 2. The maximum Gasteiger partial charge on any atom is 0.237 e. The molecule has 20 heavy (non-hydrogen) atoms. The molecule has 1 saturated heterocycles. The molecule has 2 N–H and O–H groups in total. The van der Waals surface area contributed by atoms with Gasteiger partial charge in [-0.1, -0.05) is 0 Å². The number of rotatable bonds is 5. The summed E-state index contributed by atoms with van der Waals surface area (Å²) in [7, 11) is 3.23. The first-order valence-corrected chi connectivity index (χ1v) is 6.91. The van der Waals surface area contributed by atoms with Gasteiger partial charge in [-0.3, -0.25) is 4.79 Å². The molecule has 0 aromatic heterocycles. The van der Waals surface area contributed by atoms with Gasteiger partial charge in [-0.15, -0.1) is 0 Å². The maximum atomic E-state index is 12.1. The summed E-state index contributed by atoms with van der Waals surface area (Å²) >= 11 is 0. The Balaban J connectivity index is 2.07. The molecule has 1 aromatic carbocycles. The summed E-state index contributed by atoms with van der Waals surface area (Å²) in [5.41, 5.74) is 0.944. The van der Waals surface area contributed by atoms with Crippen LogP contribution in [0, 0.1) is 0 Å². The molecule has 2 atom stereocenters. The molecule has 1 aliphatic rings. The third-order valence-electron chi connectivity index (χ3n) is 3.64. The molecule has 5 nitrogen and oxygen atoms in total. The fourth-order valence-corrected chi connectivity index (χ4v) is 2.48. The molecule has 1 amide bonds. The largest absolute Gasteiger partial charge is 0.497 e. The second kappa shape index (κ2) is 6.61. The Labute approximate surface area is 119 Å². The van der Waals surface area contributed by atoms with Gasteiger partial charge in [0.25, 0.3) is 0 Å². The molecule has 0 radical (unpaired) electrons. The van der Waals surface area contributed by atoms with E-state index in [1.54, 1.807) is 14.2 Å². The lowest BCUT2D eigenvalue weighted by molar-refractivity contribution is -0.123. The van der Waals surface area contributed by atoms with Crippen LogP contribution in [0.15, 0.2) is 18.2 Å². The van der Waals surface area contributed by atoms with Gasteiger partial charge in [0, 0.05) is 11.6 Å². The first-order chi connectivity index (χ1) is 9.65. The van der Waals surface area contributed by atoms with E-state index in [4.69, 9.17) is 9.47 Å². The maximum absolute atomic E-state index is 12.1. The van der Waals surface area contributed by atoms with Gasteiger partial charge in [-0.05, 0) is 38.4 Å². The summed E-state index contributed by atoms with van der Waals surface area (Å²) in [5, 5.41) is 6.22. The molecule has 1 heterocycles. The number of nitrogens with one attached hydrogen (secondary N) is 2. The summed E-state index contributed by atoms with van der Waals surface area (Å²) in [6.07, 6.45) is 1.95. The van der Waals surface area contributed by atoms with Crippen molar-refractivity contribution in [3.63, 3.8) is 0 Å². The van der Waals surface area contributed by atoms with E-state index in [2.05, 4.69) is 10.6 Å². The summed E-state index contributed by atoms with van der Waals surface area (Å²) < 4.78 is 10.5. The third-order valence-corrected chi connectivity index (χ3v) is 3.64. The van der Waals surface area contributed by atoms with Crippen molar-refractivity contribution >= 4 is 5.91 Å². The molecular formula is C15H22N2O3. The molecule has 0 saturated carbocycles. The first-order valence-electron chi connectivity index (χ1n) is 6.91. The molecule has 0 aliphatic carbocycles.